The Morgan fingerprint density at radius 3 is 2.42 bits per heavy atom. The number of nitrogens with one attached hydrogen (secondary N) is 2. The molecule has 2 N–H and O–H groups in total. The quantitative estimate of drug-likeness (QED) is 0.550. The van der Waals surface area contributed by atoms with Crippen LogP contribution in [-0.4, -0.2) is 38.6 Å². The summed E-state index contributed by atoms with van der Waals surface area (Å²) in [5, 5.41) is 6.30. The molecule has 3 heteroatoms. The minimum atomic E-state index is 0.982. The van der Waals surface area contributed by atoms with Gasteiger partial charge in [-0.3, -0.25) is 0 Å². The van der Waals surface area contributed by atoms with E-state index in [0.717, 1.165) is 19.6 Å². The molecule has 0 aromatic rings. The van der Waals surface area contributed by atoms with E-state index in [4.69, 9.17) is 0 Å². The van der Waals surface area contributed by atoms with Crippen LogP contribution in [0.25, 0.3) is 0 Å². The SMILES string of the molecule is CCN/C=C/NCCCN(C)C. The van der Waals surface area contributed by atoms with Crippen LogP contribution in [0.15, 0.2) is 12.4 Å². The zero-order valence-corrected chi connectivity index (χ0v) is 8.43. The lowest BCUT2D eigenvalue weighted by molar-refractivity contribution is 0.399. The van der Waals surface area contributed by atoms with E-state index in [-0.39, 0.29) is 0 Å². The highest BCUT2D eigenvalue weighted by atomic mass is 15.0. The maximum Gasteiger partial charge on any atom is 0.0154 e. The Hall–Kier alpha value is -0.700. The molecule has 0 saturated heterocycles. The Kier molecular flexibility index (Phi) is 7.91. The summed E-state index contributed by atoms with van der Waals surface area (Å²) in [4.78, 5) is 2.19. The van der Waals surface area contributed by atoms with Gasteiger partial charge in [-0.05, 0) is 34.0 Å². The number of nitrogens with zero attached hydrogens (tertiary/aromatic N) is 1. The van der Waals surface area contributed by atoms with Gasteiger partial charge in [0.2, 0.25) is 0 Å². The minimum Gasteiger partial charge on any atom is -0.390 e. The van der Waals surface area contributed by atoms with Crippen molar-refractivity contribution in [2.45, 2.75) is 13.3 Å². The van der Waals surface area contributed by atoms with Crippen LogP contribution in [-0.2, 0) is 0 Å². The van der Waals surface area contributed by atoms with Crippen molar-refractivity contribution in [3.05, 3.63) is 12.4 Å². The van der Waals surface area contributed by atoms with Gasteiger partial charge in [-0.2, -0.15) is 0 Å². The number of rotatable bonds is 7. The molecule has 3 nitrogen and oxygen atoms in total. The fourth-order valence-corrected chi connectivity index (χ4v) is 0.816. The normalized spacial score (nSPS) is 11.0. The third-order valence-electron chi connectivity index (χ3n) is 1.45. The van der Waals surface area contributed by atoms with Crippen molar-refractivity contribution in [1.82, 2.24) is 15.5 Å². The lowest BCUT2D eigenvalue weighted by Crippen LogP contribution is -2.18. The summed E-state index contributed by atoms with van der Waals surface area (Å²) >= 11 is 0. The highest BCUT2D eigenvalue weighted by Crippen LogP contribution is 1.79. The summed E-state index contributed by atoms with van der Waals surface area (Å²) in [6, 6.07) is 0. The van der Waals surface area contributed by atoms with Crippen molar-refractivity contribution in [3.8, 4) is 0 Å². The first-order chi connectivity index (χ1) is 5.77. The number of hydrogen-bond acceptors (Lipinski definition) is 3. The average molecular weight is 171 g/mol. The molecule has 0 spiro atoms. The molecule has 72 valence electrons. The average Bonchev–Trinajstić information content (AvgIpc) is 2.02. The highest BCUT2D eigenvalue weighted by molar-refractivity contribution is 4.75. The molecule has 0 fully saturated rings. The van der Waals surface area contributed by atoms with Gasteiger partial charge in [-0.15, -0.1) is 0 Å². The molecule has 0 radical (unpaired) electrons. The molecule has 0 aliphatic rings. The second-order valence-electron chi connectivity index (χ2n) is 3.00. The summed E-state index contributed by atoms with van der Waals surface area (Å²) in [5.41, 5.74) is 0. The van der Waals surface area contributed by atoms with E-state index in [1.807, 2.05) is 12.4 Å². The molecule has 0 rings (SSSR count). The second kappa shape index (κ2) is 8.40. The summed E-state index contributed by atoms with van der Waals surface area (Å²) in [6.45, 7) is 5.24. The van der Waals surface area contributed by atoms with E-state index >= 15 is 0 Å². The Bertz CT molecular complexity index is 110. The molecule has 0 saturated carbocycles. The van der Waals surface area contributed by atoms with E-state index in [1.54, 1.807) is 0 Å². The van der Waals surface area contributed by atoms with Gasteiger partial charge >= 0.3 is 0 Å². The van der Waals surface area contributed by atoms with Gasteiger partial charge in [-0.25, -0.2) is 0 Å². The van der Waals surface area contributed by atoms with Crippen molar-refractivity contribution in [2.24, 2.45) is 0 Å². The van der Waals surface area contributed by atoms with Crippen LogP contribution in [0.5, 0.6) is 0 Å². The molecular formula is C9H21N3. The van der Waals surface area contributed by atoms with Gasteiger partial charge in [0.1, 0.15) is 0 Å². The van der Waals surface area contributed by atoms with E-state index < -0.39 is 0 Å². The molecule has 0 aromatic carbocycles. The largest absolute Gasteiger partial charge is 0.390 e. The van der Waals surface area contributed by atoms with Gasteiger partial charge in [0.15, 0.2) is 0 Å². The maximum absolute atomic E-state index is 3.21. The summed E-state index contributed by atoms with van der Waals surface area (Å²) in [7, 11) is 4.18. The predicted octanol–water partition coefficient (Wildman–Crippen LogP) is 0.608. The fourth-order valence-electron chi connectivity index (χ4n) is 0.816. The van der Waals surface area contributed by atoms with E-state index in [9.17, 15) is 0 Å². The first-order valence-electron chi connectivity index (χ1n) is 4.54. The molecule has 0 aromatic heterocycles. The Balaban J connectivity index is 3.00. The van der Waals surface area contributed by atoms with Crippen LogP contribution < -0.4 is 10.6 Å². The Morgan fingerprint density at radius 1 is 1.17 bits per heavy atom. The predicted molar refractivity (Wildman–Crippen MR) is 54.0 cm³/mol. The molecule has 0 aliphatic heterocycles. The van der Waals surface area contributed by atoms with E-state index in [2.05, 4.69) is 36.6 Å². The van der Waals surface area contributed by atoms with Gasteiger partial charge in [-0.1, -0.05) is 0 Å². The molecule has 0 unspecified atom stereocenters. The van der Waals surface area contributed by atoms with Crippen LogP contribution in [0.1, 0.15) is 13.3 Å². The zero-order valence-electron chi connectivity index (χ0n) is 8.43. The standard InChI is InChI=1S/C9H21N3/c1-4-10-7-8-11-6-5-9-12(2)3/h7-8,10-11H,4-6,9H2,1-3H3/b8-7+. The topological polar surface area (TPSA) is 27.3 Å². The van der Waals surface area contributed by atoms with Crippen molar-refractivity contribution in [2.75, 3.05) is 33.7 Å². The summed E-state index contributed by atoms with van der Waals surface area (Å²) in [6.07, 6.45) is 5.08. The van der Waals surface area contributed by atoms with E-state index in [0.29, 0.717) is 0 Å². The molecule has 0 aliphatic carbocycles. The van der Waals surface area contributed by atoms with Crippen molar-refractivity contribution in [3.63, 3.8) is 0 Å². The van der Waals surface area contributed by atoms with Crippen LogP contribution in [0.3, 0.4) is 0 Å². The molecule has 0 heterocycles. The summed E-state index contributed by atoms with van der Waals surface area (Å²) in [5.74, 6) is 0. The van der Waals surface area contributed by atoms with Crippen molar-refractivity contribution >= 4 is 0 Å². The van der Waals surface area contributed by atoms with Crippen LogP contribution in [0, 0.1) is 0 Å². The van der Waals surface area contributed by atoms with Gasteiger partial charge in [0.25, 0.3) is 0 Å². The first-order valence-corrected chi connectivity index (χ1v) is 4.54. The van der Waals surface area contributed by atoms with Crippen molar-refractivity contribution < 1.29 is 0 Å². The zero-order chi connectivity index (χ0) is 9.23. The molecule has 0 bridgehead atoms. The highest BCUT2D eigenvalue weighted by Gasteiger charge is 1.87. The van der Waals surface area contributed by atoms with E-state index in [1.165, 1.54) is 6.42 Å². The molecule has 0 atom stereocenters. The third-order valence-corrected chi connectivity index (χ3v) is 1.45. The summed E-state index contributed by atoms with van der Waals surface area (Å²) < 4.78 is 0. The lowest BCUT2D eigenvalue weighted by atomic mass is 10.4. The lowest BCUT2D eigenvalue weighted by Gasteiger charge is -2.08. The molecular weight excluding hydrogens is 150 g/mol. The first kappa shape index (κ1) is 11.3. The second-order valence-corrected chi connectivity index (χ2v) is 3.00. The maximum atomic E-state index is 3.21. The van der Waals surface area contributed by atoms with Crippen LogP contribution in [0.2, 0.25) is 0 Å². The van der Waals surface area contributed by atoms with Gasteiger partial charge < -0.3 is 15.5 Å². The third kappa shape index (κ3) is 9.30. The Morgan fingerprint density at radius 2 is 1.83 bits per heavy atom. The fraction of sp³-hybridized carbons (Fsp3) is 0.778. The monoisotopic (exact) mass is 171 g/mol. The van der Waals surface area contributed by atoms with Crippen molar-refractivity contribution in [1.29, 1.82) is 0 Å². The smallest absolute Gasteiger partial charge is 0.0154 e. The van der Waals surface area contributed by atoms with Gasteiger partial charge in [0, 0.05) is 25.5 Å². The molecule has 0 amide bonds. The molecule has 12 heavy (non-hydrogen) atoms. The minimum absolute atomic E-state index is 0.982. The number of hydrogen-bond donors (Lipinski definition) is 2. The van der Waals surface area contributed by atoms with Gasteiger partial charge in [0.05, 0.1) is 0 Å². The van der Waals surface area contributed by atoms with Crippen LogP contribution in [0.4, 0.5) is 0 Å². The van der Waals surface area contributed by atoms with Crippen LogP contribution >= 0.6 is 0 Å². The Labute approximate surface area is 75.8 Å².